The van der Waals surface area contributed by atoms with Crippen molar-refractivity contribution in [3.8, 4) is 0 Å². The number of para-hydroxylation sites is 1. The molecule has 0 spiro atoms. The molecule has 0 saturated carbocycles. The summed E-state index contributed by atoms with van der Waals surface area (Å²) in [4.78, 5) is 35.3. The molecule has 38 heavy (non-hydrogen) atoms. The first-order chi connectivity index (χ1) is 18.4. The third-order valence-electron chi connectivity index (χ3n) is 8.54. The lowest BCUT2D eigenvalue weighted by atomic mass is 9.47. The van der Waals surface area contributed by atoms with Gasteiger partial charge in [0.2, 0.25) is 11.8 Å². The second kappa shape index (κ2) is 8.46. The molecule has 4 aliphatic rings. The van der Waals surface area contributed by atoms with E-state index in [9.17, 15) is 9.59 Å². The van der Waals surface area contributed by atoms with Crippen LogP contribution >= 0.6 is 22.6 Å². The standard InChI is InChI=1S/C33H25IN2O2/c1-19-15-16-27(20(2)17-19)36-31(37)29-28-21-9-3-5-11-23(21)33(30(29)32(36)38,24-12-6-4-10-22(24)28)18-35-26-14-8-7-13-25(26)34/h3-18,28-30H,1-2H3/t28?,29-,30+,33?/m0/s1. The van der Waals surface area contributed by atoms with Gasteiger partial charge in [-0.3, -0.25) is 14.6 Å². The fourth-order valence-electron chi connectivity index (χ4n) is 7.07. The van der Waals surface area contributed by atoms with Crippen molar-refractivity contribution in [2.75, 3.05) is 4.90 Å². The molecular formula is C33H25IN2O2. The van der Waals surface area contributed by atoms with Crippen molar-refractivity contribution in [2.24, 2.45) is 16.8 Å². The molecule has 1 fully saturated rings. The molecule has 1 aliphatic heterocycles. The van der Waals surface area contributed by atoms with E-state index in [0.29, 0.717) is 5.69 Å². The molecule has 2 bridgehead atoms. The van der Waals surface area contributed by atoms with Gasteiger partial charge < -0.3 is 0 Å². The molecule has 0 N–H and O–H groups in total. The van der Waals surface area contributed by atoms with Gasteiger partial charge in [0.1, 0.15) is 0 Å². The summed E-state index contributed by atoms with van der Waals surface area (Å²) in [5.74, 6) is -1.50. The highest BCUT2D eigenvalue weighted by molar-refractivity contribution is 14.1. The third kappa shape index (κ3) is 3.05. The van der Waals surface area contributed by atoms with Crippen molar-refractivity contribution in [1.82, 2.24) is 0 Å². The monoisotopic (exact) mass is 608 g/mol. The number of amides is 2. The molecule has 4 aromatic rings. The van der Waals surface area contributed by atoms with Gasteiger partial charge in [-0.15, -0.1) is 0 Å². The van der Waals surface area contributed by atoms with Crippen LogP contribution < -0.4 is 4.90 Å². The molecule has 0 aromatic heterocycles. The third-order valence-corrected chi connectivity index (χ3v) is 9.45. The van der Waals surface area contributed by atoms with Crippen molar-refractivity contribution in [2.45, 2.75) is 25.2 Å². The van der Waals surface area contributed by atoms with E-state index in [1.54, 1.807) is 0 Å². The average molecular weight is 608 g/mol. The Morgan fingerprint density at radius 3 is 2.11 bits per heavy atom. The number of carbonyl (C=O) groups excluding carboxylic acids is 2. The Morgan fingerprint density at radius 2 is 1.45 bits per heavy atom. The molecule has 1 heterocycles. The summed E-state index contributed by atoms with van der Waals surface area (Å²) < 4.78 is 1.03. The Bertz CT molecular complexity index is 1640. The maximum absolute atomic E-state index is 14.5. The number of halogens is 1. The second-order valence-corrected chi connectivity index (χ2v) is 11.7. The summed E-state index contributed by atoms with van der Waals surface area (Å²) in [6.45, 7) is 3.99. The van der Waals surface area contributed by atoms with Crippen LogP contribution in [-0.2, 0) is 15.0 Å². The number of aryl methyl sites for hydroxylation is 2. The highest BCUT2D eigenvalue weighted by atomic mass is 127. The molecule has 4 aromatic carbocycles. The van der Waals surface area contributed by atoms with Gasteiger partial charge in [0.25, 0.3) is 0 Å². The lowest BCUT2D eigenvalue weighted by Gasteiger charge is -2.52. The van der Waals surface area contributed by atoms with E-state index in [-0.39, 0.29) is 17.7 Å². The Hall–Kier alpha value is -3.58. The van der Waals surface area contributed by atoms with E-state index in [1.807, 2.05) is 86.8 Å². The quantitative estimate of drug-likeness (QED) is 0.145. The van der Waals surface area contributed by atoms with Gasteiger partial charge in [-0.1, -0.05) is 78.4 Å². The SMILES string of the molecule is Cc1ccc(N2C(=O)[C@H]3C4c5ccccc5C(C=Nc5ccccc5I)(c5ccccc54)[C@H]3C2=O)c(C)c1. The number of rotatable bonds is 3. The van der Waals surface area contributed by atoms with E-state index in [1.165, 1.54) is 4.90 Å². The smallest absolute Gasteiger partial charge is 0.239 e. The molecule has 4 nitrogen and oxygen atoms in total. The van der Waals surface area contributed by atoms with Crippen LogP contribution in [0.5, 0.6) is 0 Å². The molecule has 2 amide bonds. The minimum atomic E-state index is -0.856. The summed E-state index contributed by atoms with van der Waals surface area (Å²) in [6.07, 6.45) is 1.96. The summed E-state index contributed by atoms with van der Waals surface area (Å²) in [5, 5.41) is 0. The van der Waals surface area contributed by atoms with Gasteiger partial charge in [0.05, 0.1) is 28.6 Å². The topological polar surface area (TPSA) is 49.7 Å². The predicted molar refractivity (Wildman–Crippen MR) is 158 cm³/mol. The van der Waals surface area contributed by atoms with Gasteiger partial charge in [-0.05, 0) is 82.5 Å². The van der Waals surface area contributed by atoms with Crippen LogP contribution in [0.2, 0.25) is 0 Å². The molecule has 2 atom stereocenters. The molecule has 186 valence electrons. The molecule has 0 unspecified atom stereocenters. The molecule has 8 rings (SSSR count). The van der Waals surface area contributed by atoms with Gasteiger partial charge in [0, 0.05) is 15.7 Å². The number of benzene rings is 4. The lowest BCUT2D eigenvalue weighted by Crippen LogP contribution is -2.54. The average Bonchev–Trinajstić information content (AvgIpc) is 3.19. The maximum atomic E-state index is 14.5. The molecule has 3 aliphatic carbocycles. The van der Waals surface area contributed by atoms with Crippen LogP contribution in [0, 0.1) is 29.3 Å². The normalized spacial score (nSPS) is 25.0. The highest BCUT2D eigenvalue weighted by Gasteiger charge is 2.68. The minimum absolute atomic E-state index is 0.118. The summed E-state index contributed by atoms with van der Waals surface area (Å²) in [6, 6.07) is 30.5. The van der Waals surface area contributed by atoms with E-state index in [4.69, 9.17) is 4.99 Å². The first-order valence-corrected chi connectivity index (χ1v) is 13.9. The van der Waals surface area contributed by atoms with Crippen molar-refractivity contribution in [1.29, 1.82) is 0 Å². The zero-order valence-corrected chi connectivity index (χ0v) is 23.2. The van der Waals surface area contributed by atoms with Crippen molar-refractivity contribution in [3.63, 3.8) is 0 Å². The highest BCUT2D eigenvalue weighted by Crippen LogP contribution is 2.63. The lowest BCUT2D eigenvalue weighted by molar-refractivity contribution is -0.122. The Morgan fingerprint density at radius 1 is 0.816 bits per heavy atom. The van der Waals surface area contributed by atoms with Crippen LogP contribution in [0.3, 0.4) is 0 Å². The number of hydrogen-bond acceptors (Lipinski definition) is 3. The van der Waals surface area contributed by atoms with Gasteiger partial charge >= 0.3 is 0 Å². The van der Waals surface area contributed by atoms with Crippen LogP contribution in [0.25, 0.3) is 0 Å². The van der Waals surface area contributed by atoms with Crippen molar-refractivity contribution in [3.05, 3.63) is 128 Å². The van der Waals surface area contributed by atoms with Crippen LogP contribution in [0.1, 0.15) is 39.3 Å². The van der Waals surface area contributed by atoms with E-state index < -0.39 is 17.3 Å². The summed E-state index contributed by atoms with van der Waals surface area (Å²) >= 11 is 2.29. The van der Waals surface area contributed by atoms with E-state index in [2.05, 4.69) is 46.9 Å². The minimum Gasteiger partial charge on any atom is -0.274 e. The first kappa shape index (κ1) is 23.5. The zero-order chi connectivity index (χ0) is 26.2. The van der Waals surface area contributed by atoms with E-state index in [0.717, 1.165) is 42.6 Å². The Labute approximate surface area is 235 Å². The fraction of sp³-hybridized carbons (Fsp3) is 0.182. The fourth-order valence-corrected chi connectivity index (χ4v) is 7.60. The van der Waals surface area contributed by atoms with Gasteiger partial charge in [-0.2, -0.15) is 0 Å². The molecular weight excluding hydrogens is 583 g/mol. The summed E-state index contributed by atoms with van der Waals surface area (Å²) in [7, 11) is 0. The molecule has 1 saturated heterocycles. The molecule has 0 radical (unpaired) electrons. The van der Waals surface area contributed by atoms with E-state index >= 15 is 0 Å². The van der Waals surface area contributed by atoms with Crippen LogP contribution in [0.4, 0.5) is 11.4 Å². The number of anilines is 1. The van der Waals surface area contributed by atoms with Crippen molar-refractivity contribution < 1.29 is 9.59 Å². The first-order valence-electron chi connectivity index (χ1n) is 12.9. The number of carbonyl (C=O) groups is 2. The van der Waals surface area contributed by atoms with Gasteiger partial charge in [0.15, 0.2) is 0 Å². The predicted octanol–water partition coefficient (Wildman–Crippen LogP) is 6.86. The molecule has 5 heteroatoms. The Kier molecular flexibility index (Phi) is 5.24. The van der Waals surface area contributed by atoms with Crippen molar-refractivity contribution >= 4 is 52.0 Å². The number of imide groups is 1. The number of hydrogen-bond donors (Lipinski definition) is 0. The number of aliphatic imine (C=N–C) groups is 1. The second-order valence-electron chi connectivity index (χ2n) is 10.5. The van der Waals surface area contributed by atoms with Crippen LogP contribution in [0.15, 0.2) is 96.0 Å². The number of nitrogens with zero attached hydrogens (tertiary/aromatic N) is 2. The summed E-state index contributed by atoms with van der Waals surface area (Å²) in [5.41, 5.74) is 7.08. The van der Waals surface area contributed by atoms with Gasteiger partial charge in [-0.25, -0.2) is 4.90 Å². The largest absolute Gasteiger partial charge is 0.274 e. The zero-order valence-electron chi connectivity index (χ0n) is 21.1. The van der Waals surface area contributed by atoms with Crippen LogP contribution in [-0.4, -0.2) is 18.0 Å². The maximum Gasteiger partial charge on any atom is 0.239 e. The Balaban J connectivity index is 1.52.